The Morgan fingerprint density at radius 3 is 2.50 bits per heavy atom. The maximum Gasteiger partial charge on any atom is 0.317 e. The summed E-state index contributed by atoms with van der Waals surface area (Å²) in [6.07, 6.45) is 9.36. The van der Waals surface area contributed by atoms with E-state index >= 15 is 0 Å². The van der Waals surface area contributed by atoms with Gasteiger partial charge in [-0.2, -0.15) is 4.31 Å². The molecule has 2 fully saturated rings. The highest BCUT2D eigenvalue weighted by Crippen LogP contribution is 2.33. The monoisotopic (exact) mass is 383 g/mol. The van der Waals surface area contributed by atoms with E-state index in [0.717, 1.165) is 32.1 Å². The van der Waals surface area contributed by atoms with Crippen molar-refractivity contribution < 1.29 is 13.2 Å². The fraction of sp³-hybridized carbons (Fsp3) is 0.842. The zero-order valence-electron chi connectivity index (χ0n) is 16.2. The summed E-state index contributed by atoms with van der Waals surface area (Å²) >= 11 is 0. The number of carbonyl (C=O) groups is 1. The highest BCUT2D eigenvalue weighted by atomic mass is 32.2. The third-order valence-corrected chi connectivity index (χ3v) is 8.14. The average Bonchev–Trinajstić information content (AvgIpc) is 3.00. The van der Waals surface area contributed by atoms with E-state index in [0.29, 0.717) is 26.2 Å². The molecule has 2 heterocycles. The van der Waals surface area contributed by atoms with Crippen molar-refractivity contribution in [2.75, 3.05) is 31.9 Å². The van der Waals surface area contributed by atoms with Crippen LogP contribution in [0.4, 0.5) is 4.79 Å². The van der Waals surface area contributed by atoms with Crippen LogP contribution in [0.3, 0.4) is 0 Å². The number of urea groups is 1. The summed E-state index contributed by atoms with van der Waals surface area (Å²) in [7, 11) is -3.06. The highest BCUT2D eigenvalue weighted by molar-refractivity contribution is 7.89. The Labute approximate surface area is 158 Å². The van der Waals surface area contributed by atoms with Crippen LogP contribution in [0.15, 0.2) is 11.6 Å². The number of sulfonamides is 1. The third kappa shape index (κ3) is 4.42. The second kappa shape index (κ2) is 7.89. The molecule has 0 aromatic carbocycles. The maximum absolute atomic E-state index is 12.5. The predicted octanol–water partition coefficient (Wildman–Crippen LogP) is 2.72. The first-order chi connectivity index (χ1) is 12.3. The first-order valence-corrected chi connectivity index (χ1v) is 11.6. The molecule has 7 heteroatoms. The van der Waals surface area contributed by atoms with Crippen LogP contribution in [-0.4, -0.2) is 61.6 Å². The Morgan fingerprint density at radius 2 is 1.92 bits per heavy atom. The fourth-order valence-electron chi connectivity index (χ4n) is 4.40. The molecule has 6 nitrogen and oxygen atoms in total. The van der Waals surface area contributed by atoms with E-state index in [2.05, 4.69) is 25.2 Å². The van der Waals surface area contributed by atoms with Crippen LogP contribution in [0.25, 0.3) is 0 Å². The Kier molecular flexibility index (Phi) is 5.97. The Balaban J connectivity index is 1.47. The quantitative estimate of drug-likeness (QED) is 0.759. The standard InChI is InChI=1S/C19H33N3O3S/c1-19(2,16-7-4-3-5-8-16)15-20-18(23)21-12-9-17(10-13-21)22-11-6-14-26(22,24)25/h7,17H,3-6,8-15H2,1-2H3,(H,20,23). The van der Waals surface area contributed by atoms with Crippen LogP contribution in [0.5, 0.6) is 0 Å². The lowest BCUT2D eigenvalue weighted by Gasteiger charge is -2.37. The Morgan fingerprint density at radius 1 is 1.19 bits per heavy atom. The molecule has 148 valence electrons. The third-order valence-electron chi connectivity index (χ3n) is 6.14. The molecule has 1 N–H and O–H groups in total. The maximum atomic E-state index is 12.5. The number of hydrogen-bond donors (Lipinski definition) is 1. The van der Waals surface area contributed by atoms with Crippen LogP contribution in [0.1, 0.15) is 58.8 Å². The lowest BCUT2D eigenvalue weighted by molar-refractivity contribution is 0.158. The lowest BCUT2D eigenvalue weighted by Crippen LogP contribution is -2.51. The fourth-order valence-corrected chi connectivity index (χ4v) is 6.20. The van der Waals surface area contributed by atoms with Crippen molar-refractivity contribution >= 4 is 16.1 Å². The second-order valence-electron chi connectivity index (χ2n) is 8.52. The van der Waals surface area contributed by atoms with Crippen molar-refractivity contribution in [2.45, 2.75) is 64.8 Å². The second-order valence-corrected chi connectivity index (χ2v) is 10.6. The van der Waals surface area contributed by atoms with E-state index in [4.69, 9.17) is 0 Å². The van der Waals surface area contributed by atoms with Gasteiger partial charge in [-0.3, -0.25) is 0 Å². The van der Waals surface area contributed by atoms with Gasteiger partial charge in [0.05, 0.1) is 5.75 Å². The molecule has 0 unspecified atom stereocenters. The van der Waals surface area contributed by atoms with Crippen molar-refractivity contribution in [3.8, 4) is 0 Å². The number of amides is 2. The largest absolute Gasteiger partial charge is 0.337 e. The van der Waals surface area contributed by atoms with Gasteiger partial charge in [-0.25, -0.2) is 13.2 Å². The van der Waals surface area contributed by atoms with Crippen LogP contribution in [0, 0.1) is 5.41 Å². The molecule has 3 rings (SSSR count). The van der Waals surface area contributed by atoms with Gasteiger partial charge in [0.25, 0.3) is 0 Å². The first kappa shape index (κ1) is 19.7. The van der Waals surface area contributed by atoms with Crippen molar-refractivity contribution in [3.05, 3.63) is 11.6 Å². The minimum absolute atomic E-state index is 0.00195. The molecule has 0 spiro atoms. The number of piperidine rings is 1. The van der Waals surface area contributed by atoms with Gasteiger partial charge < -0.3 is 10.2 Å². The molecule has 0 aromatic heterocycles. The van der Waals surface area contributed by atoms with Gasteiger partial charge in [0, 0.05) is 37.6 Å². The molecule has 2 saturated heterocycles. The van der Waals surface area contributed by atoms with Crippen molar-refractivity contribution in [1.82, 2.24) is 14.5 Å². The number of allylic oxidation sites excluding steroid dienone is 1. The number of nitrogens with one attached hydrogen (secondary N) is 1. The van der Waals surface area contributed by atoms with Gasteiger partial charge in [-0.05, 0) is 44.9 Å². The summed E-state index contributed by atoms with van der Waals surface area (Å²) in [5.41, 5.74) is 1.46. The normalized spacial score (nSPS) is 25.2. The minimum atomic E-state index is -3.06. The SMILES string of the molecule is CC(C)(CNC(=O)N1CCC(N2CCCS2(=O)=O)CC1)C1=CCCCC1. The van der Waals surface area contributed by atoms with E-state index in [1.165, 1.54) is 18.4 Å². The first-order valence-electron chi connectivity index (χ1n) is 10.0. The molecule has 0 bridgehead atoms. The van der Waals surface area contributed by atoms with Crippen LogP contribution in [0.2, 0.25) is 0 Å². The summed E-state index contributed by atoms with van der Waals surface area (Å²) in [6, 6.07) is 0.0487. The topological polar surface area (TPSA) is 69.7 Å². The Bertz CT molecular complexity index is 649. The van der Waals surface area contributed by atoms with Crippen LogP contribution >= 0.6 is 0 Å². The molecule has 0 atom stereocenters. The number of likely N-dealkylation sites (tertiary alicyclic amines) is 1. The lowest BCUT2D eigenvalue weighted by atomic mass is 9.78. The van der Waals surface area contributed by atoms with Crippen molar-refractivity contribution in [1.29, 1.82) is 0 Å². The van der Waals surface area contributed by atoms with Gasteiger partial charge in [-0.15, -0.1) is 0 Å². The molecule has 3 aliphatic rings. The van der Waals surface area contributed by atoms with Crippen molar-refractivity contribution in [2.24, 2.45) is 5.41 Å². The van der Waals surface area contributed by atoms with E-state index in [1.54, 1.807) is 4.31 Å². The summed E-state index contributed by atoms with van der Waals surface area (Å²) < 4.78 is 25.8. The molecule has 2 aliphatic heterocycles. The van der Waals surface area contributed by atoms with Gasteiger partial charge in [-0.1, -0.05) is 25.5 Å². The number of rotatable bonds is 4. The molecule has 0 aromatic rings. The smallest absolute Gasteiger partial charge is 0.317 e. The molecule has 0 saturated carbocycles. The molecule has 26 heavy (non-hydrogen) atoms. The average molecular weight is 384 g/mol. The van der Waals surface area contributed by atoms with E-state index in [-0.39, 0.29) is 23.2 Å². The number of hydrogen-bond acceptors (Lipinski definition) is 3. The van der Waals surface area contributed by atoms with E-state index in [9.17, 15) is 13.2 Å². The summed E-state index contributed by atoms with van der Waals surface area (Å²) in [4.78, 5) is 14.4. The molecule has 0 radical (unpaired) electrons. The predicted molar refractivity (Wildman–Crippen MR) is 103 cm³/mol. The van der Waals surface area contributed by atoms with Gasteiger partial charge >= 0.3 is 6.03 Å². The van der Waals surface area contributed by atoms with Gasteiger partial charge in [0.2, 0.25) is 10.0 Å². The van der Waals surface area contributed by atoms with Crippen molar-refractivity contribution in [3.63, 3.8) is 0 Å². The van der Waals surface area contributed by atoms with E-state index < -0.39 is 10.0 Å². The van der Waals surface area contributed by atoms with E-state index in [1.807, 2.05) is 4.90 Å². The summed E-state index contributed by atoms with van der Waals surface area (Å²) in [6.45, 7) is 6.96. The summed E-state index contributed by atoms with van der Waals surface area (Å²) in [5.74, 6) is 0.276. The van der Waals surface area contributed by atoms with Gasteiger partial charge in [0.15, 0.2) is 0 Å². The van der Waals surface area contributed by atoms with Crippen LogP contribution < -0.4 is 5.32 Å². The highest BCUT2D eigenvalue weighted by Gasteiger charge is 2.37. The molecule has 1 aliphatic carbocycles. The minimum Gasteiger partial charge on any atom is -0.337 e. The van der Waals surface area contributed by atoms with Gasteiger partial charge in [0.1, 0.15) is 0 Å². The molecular weight excluding hydrogens is 350 g/mol. The number of nitrogens with zero attached hydrogens (tertiary/aromatic N) is 2. The zero-order chi connectivity index (χ0) is 18.8. The summed E-state index contributed by atoms with van der Waals surface area (Å²) in [5, 5.41) is 3.10. The molecule has 2 amide bonds. The Hall–Kier alpha value is -1.08. The zero-order valence-corrected chi connectivity index (χ0v) is 17.0. The van der Waals surface area contributed by atoms with Crippen LogP contribution in [-0.2, 0) is 10.0 Å². The molecular formula is C19H33N3O3S. The number of carbonyl (C=O) groups excluding carboxylic acids is 1.